The van der Waals surface area contributed by atoms with Gasteiger partial charge in [-0.1, -0.05) is 38.1 Å². The third-order valence-electron chi connectivity index (χ3n) is 4.34. The third-order valence-corrected chi connectivity index (χ3v) is 4.34. The molecule has 0 saturated carbocycles. The molecule has 1 aromatic rings. The highest BCUT2D eigenvalue weighted by Crippen LogP contribution is 2.19. The molecule has 24 heavy (non-hydrogen) atoms. The predicted octanol–water partition coefficient (Wildman–Crippen LogP) is 2.30. The fourth-order valence-electron chi connectivity index (χ4n) is 2.84. The quantitative estimate of drug-likeness (QED) is 0.458. The van der Waals surface area contributed by atoms with Gasteiger partial charge in [-0.15, -0.1) is 0 Å². The summed E-state index contributed by atoms with van der Waals surface area (Å²) in [5, 5.41) is 3.11. The summed E-state index contributed by atoms with van der Waals surface area (Å²) in [6.07, 6.45) is 3.30. The van der Waals surface area contributed by atoms with Gasteiger partial charge in [-0.25, -0.2) is 0 Å². The summed E-state index contributed by atoms with van der Waals surface area (Å²) in [4.78, 5) is 18.6. The van der Waals surface area contributed by atoms with Gasteiger partial charge in [0.05, 0.1) is 0 Å². The Hall–Kier alpha value is -2.04. The molecule has 0 bridgehead atoms. The van der Waals surface area contributed by atoms with Gasteiger partial charge in [0.15, 0.2) is 5.96 Å². The Morgan fingerprint density at radius 3 is 2.83 bits per heavy atom. The molecule has 0 fully saturated rings. The molecule has 1 aliphatic heterocycles. The number of hydrogen-bond donors (Lipinski definition) is 2. The number of guanidine groups is 1. The van der Waals surface area contributed by atoms with Gasteiger partial charge in [0, 0.05) is 32.6 Å². The highest BCUT2D eigenvalue weighted by Gasteiger charge is 2.19. The molecule has 0 saturated heterocycles. The average molecular weight is 330 g/mol. The van der Waals surface area contributed by atoms with Crippen molar-refractivity contribution in [3.05, 3.63) is 35.4 Å². The van der Waals surface area contributed by atoms with E-state index in [-0.39, 0.29) is 5.91 Å². The van der Waals surface area contributed by atoms with E-state index in [1.807, 2.05) is 11.0 Å². The summed E-state index contributed by atoms with van der Waals surface area (Å²) in [6, 6.07) is 8.37. The Balaban J connectivity index is 1.67. The second-order valence-electron chi connectivity index (χ2n) is 6.81. The number of aliphatic imine (C=N–C) groups is 1. The molecule has 2 rings (SSSR count). The van der Waals surface area contributed by atoms with E-state index in [1.54, 1.807) is 0 Å². The van der Waals surface area contributed by atoms with Crippen molar-refractivity contribution >= 4 is 11.9 Å². The summed E-state index contributed by atoms with van der Waals surface area (Å²) in [5.41, 5.74) is 8.46. The molecule has 0 radical (unpaired) electrons. The standard InChI is InChI=1S/C19H30N4O/c1-15(2)9-12-22-19(20)21-11-5-8-18(24)23-13-10-16-6-3-4-7-17(16)14-23/h3-4,6-7,15H,5,8-14H2,1-2H3,(H3,20,21,22). The minimum Gasteiger partial charge on any atom is -0.370 e. The van der Waals surface area contributed by atoms with Crippen LogP contribution in [0.4, 0.5) is 0 Å². The summed E-state index contributed by atoms with van der Waals surface area (Å²) in [5.74, 6) is 1.35. The molecule has 3 N–H and O–H groups in total. The number of fused-ring (bicyclic) bond motifs is 1. The van der Waals surface area contributed by atoms with Crippen molar-refractivity contribution < 1.29 is 4.79 Å². The monoisotopic (exact) mass is 330 g/mol. The molecule has 1 aliphatic rings. The van der Waals surface area contributed by atoms with Crippen LogP contribution in [0.1, 0.15) is 44.2 Å². The summed E-state index contributed by atoms with van der Waals surface area (Å²) in [7, 11) is 0. The largest absolute Gasteiger partial charge is 0.370 e. The van der Waals surface area contributed by atoms with Crippen LogP contribution in [0.5, 0.6) is 0 Å². The summed E-state index contributed by atoms with van der Waals surface area (Å²) < 4.78 is 0. The summed E-state index contributed by atoms with van der Waals surface area (Å²) >= 11 is 0. The number of nitrogens with one attached hydrogen (secondary N) is 1. The van der Waals surface area contributed by atoms with E-state index < -0.39 is 0 Å². The van der Waals surface area contributed by atoms with Crippen LogP contribution in [-0.4, -0.2) is 36.4 Å². The van der Waals surface area contributed by atoms with E-state index >= 15 is 0 Å². The first kappa shape index (κ1) is 18.3. The molecular weight excluding hydrogens is 300 g/mol. The molecule has 1 amide bonds. The van der Waals surface area contributed by atoms with Crippen molar-refractivity contribution in [2.24, 2.45) is 16.6 Å². The Labute approximate surface area is 145 Å². The van der Waals surface area contributed by atoms with Crippen LogP contribution >= 0.6 is 0 Å². The highest BCUT2D eigenvalue weighted by molar-refractivity contribution is 5.78. The maximum Gasteiger partial charge on any atom is 0.222 e. The molecule has 0 atom stereocenters. The van der Waals surface area contributed by atoms with Crippen LogP contribution in [0.25, 0.3) is 0 Å². The minimum atomic E-state index is 0.214. The van der Waals surface area contributed by atoms with Gasteiger partial charge in [0.1, 0.15) is 0 Å². The Bertz CT molecular complexity index is 568. The predicted molar refractivity (Wildman–Crippen MR) is 98.7 cm³/mol. The number of hydrogen-bond acceptors (Lipinski definition) is 2. The first-order valence-electron chi connectivity index (χ1n) is 8.94. The SMILES string of the molecule is CC(C)CCNC(N)=NCCCC(=O)N1CCc2ccccc2C1. The van der Waals surface area contributed by atoms with Crippen molar-refractivity contribution in [2.75, 3.05) is 19.6 Å². The van der Waals surface area contributed by atoms with Crippen LogP contribution in [-0.2, 0) is 17.8 Å². The van der Waals surface area contributed by atoms with E-state index in [4.69, 9.17) is 5.73 Å². The second kappa shape index (κ2) is 9.30. The van der Waals surface area contributed by atoms with Crippen molar-refractivity contribution in [3.8, 4) is 0 Å². The zero-order valence-corrected chi connectivity index (χ0v) is 14.9. The van der Waals surface area contributed by atoms with E-state index in [1.165, 1.54) is 11.1 Å². The van der Waals surface area contributed by atoms with Crippen LogP contribution < -0.4 is 11.1 Å². The topological polar surface area (TPSA) is 70.7 Å². The van der Waals surface area contributed by atoms with E-state index in [0.717, 1.165) is 38.9 Å². The third kappa shape index (κ3) is 5.87. The van der Waals surface area contributed by atoms with Gasteiger partial charge in [0.2, 0.25) is 5.91 Å². The Morgan fingerprint density at radius 1 is 1.33 bits per heavy atom. The van der Waals surface area contributed by atoms with E-state index in [2.05, 4.69) is 42.4 Å². The van der Waals surface area contributed by atoms with Crippen LogP contribution in [0.2, 0.25) is 0 Å². The number of nitrogens with two attached hydrogens (primary N) is 1. The fourth-order valence-corrected chi connectivity index (χ4v) is 2.84. The van der Waals surface area contributed by atoms with Gasteiger partial charge in [-0.3, -0.25) is 9.79 Å². The van der Waals surface area contributed by atoms with Crippen LogP contribution in [0, 0.1) is 5.92 Å². The summed E-state index contributed by atoms with van der Waals surface area (Å²) in [6.45, 7) is 7.35. The molecule has 0 spiro atoms. The van der Waals surface area contributed by atoms with Crippen molar-refractivity contribution in [1.29, 1.82) is 0 Å². The average Bonchev–Trinajstić information content (AvgIpc) is 2.57. The molecule has 0 aromatic heterocycles. The number of benzene rings is 1. The lowest BCUT2D eigenvalue weighted by molar-refractivity contribution is -0.132. The first-order valence-corrected chi connectivity index (χ1v) is 8.94. The van der Waals surface area contributed by atoms with Gasteiger partial charge < -0.3 is 16.0 Å². The lowest BCUT2D eigenvalue weighted by Crippen LogP contribution is -2.36. The van der Waals surface area contributed by atoms with Crippen LogP contribution in [0.15, 0.2) is 29.3 Å². The van der Waals surface area contributed by atoms with Gasteiger partial charge in [0.25, 0.3) is 0 Å². The number of amides is 1. The van der Waals surface area contributed by atoms with Crippen LogP contribution in [0.3, 0.4) is 0 Å². The maximum absolute atomic E-state index is 12.3. The Kier molecular flexibility index (Phi) is 7.09. The normalized spacial score (nSPS) is 14.6. The van der Waals surface area contributed by atoms with Gasteiger partial charge >= 0.3 is 0 Å². The molecule has 132 valence electrons. The molecule has 5 heteroatoms. The fraction of sp³-hybridized carbons (Fsp3) is 0.579. The van der Waals surface area contributed by atoms with E-state index in [9.17, 15) is 4.79 Å². The molecule has 5 nitrogen and oxygen atoms in total. The molecular formula is C19H30N4O. The number of carbonyl (C=O) groups is 1. The number of nitrogens with zero attached hydrogens (tertiary/aromatic N) is 2. The number of carbonyl (C=O) groups excluding carboxylic acids is 1. The van der Waals surface area contributed by atoms with Gasteiger partial charge in [-0.05, 0) is 36.3 Å². The van der Waals surface area contributed by atoms with E-state index in [0.29, 0.717) is 24.8 Å². The molecule has 0 unspecified atom stereocenters. The Morgan fingerprint density at radius 2 is 2.08 bits per heavy atom. The molecule has 1 heterocycles. The molecule has 1 aromatic carbocycles. The van der Waals surface area contributed by atoms with Crippen molar-refractivity contribution in [2.45, 2.75) is 46.1 Å². The second-order valence-corrected chi connectivity index (χ2v) is 6.81. The highest BCUT2D eigenvalue weighted by atomic mass is 16.2. The van der Waals surface area contributed by atoms with Gasteiger partial charge in [-0.2, -0.15) is 0 Å². The zero-order chi connectivity index (χ0) is 17.4. The number of rotatable bonds is 7. The van der Waals surface area contributed by atoms with Crippen molar-refractivity contribution in [1.82, 2.24) is 10.2 Å². The molecule has 0 aliphatic carbocycles. The minimum absolute atomic E-state index is 0.214. The zero-order valence-electron chi connectivity index (χ0n) is 14.9. The first-order chi connectivity index (χ1) is 11.6. The lowest BCUT2D eigenvalue weighted by atomic mass is 9.99. The maximum atomic E-state index is 12.3. The lowest BCUT2D eigenvalue weighted by Gasteiger charge is -2.28. The smallest absolute Gasteiger partial charge is 0.222 e. The van der Waals surface area contributed by atoms with Crippen molar-refractivity contribution in [3.63, 3.8) is 0 Å².